The van der Waals surface area contributed by atoms with Gasteiger partial charge >= 0.3 is 12.0 Å². The summed E-state index contributed by atoms with van der Waals surface area (Å²) in [6.07, 6.45) is 2.19. The van der Waals surface area contributed by atoms with Crippen LogP contribution in [0.1, 0.15) is 25.6 Å². The van der Waals surface area contributed by atoms with Crippen LogP contribution in [0.3, 0.4) is 0 Å². The van der Waals surface area contributed by atoms with E-state index < -0.39 is 18.0 Å². The average Bonchev–Trinajstić information content (AvgIpc) is 2.78. The first-order chi connectivity index (χ1) is 8.13. The number of carboxylic acids is 1. The first-order valence-corrected chi connectivity index (χ1v) is 5.16. The Morgan fingerprint density at radius 1 is 1.59 bits per heavy atom. The van der Waals surface area contributed by atoms with Gasteiger partial charge in [-0.25, -0.2) is 9.59 Å². The first-order valence-electron chi connectivity index (χ1n) is 5.16. The van der Waals surface area contributed by atoms with E-state index in [2.05, 4.69) is 25.3 Å². The number of aliphatic carboxylic acids is 1. The molecule has 1 rings (SSSR count). The van der Waals surface area contributed by atoms with Gasteiger partial charge in [0.25, 0.3) is 0 Å². The molecule has 2 amide bonds. The van der Waals surface area contributed by atoms with E-state index in [1.807, 2.05) is 6.92 Å². The molecule has 1 atom stereocenters. The zero-order valence-corrected chi connectivity index (χ0v) is 9.34. The fraction of sp³-hybridized carbons (Fsp3) is 0.556. The van der Waals surface area contributed by atoms with Crippen molar-refractivity contribution in [1.29, 1.82) is 0 Å². The van der Waals surface area contributed by atoms with Gasteiger partial charge in [-0.15, -0.1) is 0 Å². The number of hydrogen-bond acceptors (Lipinski definition) is 5. The molecule has 0 radical (unpaired) electrons. The maximum absolute atomic E-state index is 11.4. The molecule has 0 aromatic carbocycles. The average molecular weight is 242 g/mol. The molecule has 0 fully saturated rings. The molecule has 0 spiro atoms. The van der Waals surface area contributed by atoms with Crippen molar-refractivity contribution in [1.82, 2.24) is 20.8 Å². The molecular formula is C9H14N4O4. The van der Waals surface area contributed by atoms with E-state index in [4.69, 9.17) is 5.11 Å². The second-order valence-electron chi connectivity index (χ2n) is 3.35. The van der Waals surface area contributed by atoms with Crippen LogP contribution in [-0.2, 0) is 11.3 Å². The Hall–Kier alpha value is -2.12. The number of carbonyl (C=O) groups excluding carboxylic acids is 1. The number of hydrogen-bond donors (Lipinski definition) is 3. The van der Waals surface area contributed by atoms with Crippen LogP contribution >= 0.6 is 0 Å². The molecule has 0 saturated carbocycles. The van der Waals surface area contributed by atoms with Gasteiger partial charge in [0.15, 0.2) is 5.82 Å². The zero-order chi connectivity index (χ0) is 12.7. The number of amides is 2. The molecule has 0 bridgehead atoms. The molecule has 1 heterocycles. The van der Waals surface area contributed by atoms with Crippen molar-refractivity contribution in [2.75, 3.05) is 0 Å². The van der Waals surface area contributed by atoms with Gasteiger partial charge < -0.3 is 20.3 Å². The van der Waals surface area contributed by atoms with Crippen molar-refractivity contribution >= 4 is 12.0 Å². The maximum atomic E-state index is 11.4. The number of aromatic nitrogens is 2. The van der Waals surface area contributed by atoms with E-state index in [9.17, 15) is 9.59 Å². The lowest BCUT2D eigenvalue weighted by molar-refractivity contribution is -0.139. The summed E-state index contributed by atoms with van der Waals surface area (Å²) in [5, 5.41) is 17.1. The third kappa shape index (κ3) is 4.49. The van der Waals surface area contributed by atoms with Crippen molar-refractivity contribution < 1.29 is 19.2 Å². The summed E-state index contributed by atoms with van der Waals surface area (Å²) in [7, 11) is 0. The molecule has 0 aliphatic carbocycles. The number of rotatable bonds is 6. The highest BCUT2D eigenvalue weighted by atomic mass is 16.5. The monoisotopic (exact) mass is 242 g/mol. The zero-order valence-electron chi connectivity index (χ0n) is 9.34. The predicted octanol–water partition coefficient (Wildman–Crippen LogP) is 0.122. The fourth-order valence-corrected chi connectivity index (χ4v) is 1.18. The maximum Gasteiger partial charge on any atom is 0.326 e. The second kappa shape index (κ2) is 6.46. The number of nitrogens with zero attached hydrogens (tertiary/aromatic N) is 2. The second-order valence-corrected chi connectivity index (χ2v) is 3.35. The summed E-state index contributed by atoms with van der Waals surface area (Å²) >= 11 is 0. The Balaban J connectivity index is 2.34. The van der Waals surface area contributed by atoms with E-state index in [1.54, 1.807) is 0 Å². The lowest BCUT2D eigenvalue weighted by atomic mass is 10.2. The highest BCUT2D eigenvalue weighted by molar-refractivity contribution is 5.82. The molecule has 0 aliphatic rings. The molecule has 1 unspecified atom stereocenters. The molecule has 1 aromatic rings. The van der Waals surface area contributed by atoms with Gasteiger partial charge in [0, 0.05) is 0 Å². The minimum Gasteiger partial charge on any atom is -0.480 e. The molecule has 0 aliphatic heterocycles. The van der Waals surface area contributed by atoms with Crippen molar-refractivity contribution in [2.24, 2.45) is 0 Å². The van der Waals surface area contributed by atoms with Gasteiger partial charge in [-0.05, 0) is 6.42 Å². The molecule has 8 nitrogen and oxygen atoms in total. The van der Waals surface area contributed by atoms with Crippen LogP contribution in [0.4, 0.5) is 4.79 Å². The Bertz CT molecular complexity index is 365. The summed E-state index contributed by atoms with van der Waals surface area (Å²) < 4.78 is 4.48. The smallest absolute Gasteiger partial charge is 0.326 e. The lowest BCUT2D eigenvalue weighted by Crippen LogP contribution is -2.45. The van der Waals surface area contributed by atoms with Gasteiger partial charge in [-0.2, -0.15) is 4.98 Å². The van der Waals surface area contributed by atoms with Crippen molar-refractivity contribution in [3.63, 3.8) is 0 Å². The van der Waals surface area contributed by atoms with Crippen LogP contribution in [0, 0.1) is 0 Å². The Labute approximate surface area is 97.4 Å². The molecule has 94 valence electrons. The summed E-state index contributed by atoms with van der Waals surface area (Å²) in [5.74, 6) is -0.732. The molecule has 1 aromatic heterocycles. The van der Waals surface area contributed by atoms with Gasteiger partial charge in [-0.3, -0.25) is 0 Å². The standard InChI is InChI=1S/C9H14N4O4/c1-2-3-6(8(14)15)12-9(16)10-4-7-11-5-17-13-7/h5-6H,2-4H2,1H3,(H,14,15)(H2,10,12,16). The van der Waals surface area contributed by atoms with Gasteiger partial charge in [-0.1, -0.05) is 18.5 Å². The molecule has 8 heteroatoms. The van der Waals surface area contributed by atoms with Crippen LogP contribution in [0.2, 0.25) is 0 Å². The normalized spacial score (nSPS) is 11.8. The topological polar surface area (TPSA) is 117 Å². The van der Waals surface area contributed by atoms with Crippen LogP contribution in [0.5, 0.6) is 0 Å². The number of urea groups is 1. The summed E-state index contributed by atoms with van der Waals surface area (Å²) in [5.41, 5.74) is 0. The Kier molecular flexibility index (Phi) is 4.92. The predicted molar refractivity (Wildman–Crippen MR) is 56.0 cm³/mol. The fourth-order valence-electron chi connectivity index (χ4n) is 1.18. The highest BCUT2D eigenvalue weighted by Gasteiger charge is 2.18. The van der Waals surface area contributed by atoms with Crippen LogP contribution < -0.4 is 10.6 Å². The van der Waals surface area contributed by atoms with Crippen LogP contribution in [-0.4, -0.2) is 33.3 Å². The molecular weight excluding hydrogens is 228 g/mol. The van der Waals surface area contributed by atoms with E-state index in [0.29, 0.717) is 18.7 Å². The number of carboxylic acid groups (broad SMARTS) is 1. The van der Waals surface area contributed by atoms with Crippen molar-refractivity contribution in [3.05, 3.63) is 12.2 Å². The third-order valence-electron chi connectivity index (χ3n) is 1.99. The SMILES string of the molecule is CCCC(NC(=O)NCc1ncon1)C(=O)O. The van der Waals surface area contributed by atoms with E-state index in [0.717, 1.165) is 6.39 Å². The third-order valence-corrected chi connectivity index (χ3v) is 1.99. The van der Waals surface area contributed by atoms with Crippen LogP contribution in [0.15, 0.2) is 10.9 Å². The van der Waals surface area contributed by atoms with Crippen LogP contribution in [0.25, 0.3) is 0 Å². The van der Waals surface area contributed by atoms with Crippen molar-refractivity contribution in [2.45, 2.75) is 32.4 Å². The first kappa shape index (κ1) is 12.9. The largest absolute Gasteiger partial charge is 0.480 e. The minimum atomic E-state index is -1.05. The number of nitrogens with one attached hydrogen (secondary N) is 2. The summed E-state index contributed by atoms with van der Waals surface area (Å²) in [6.45, 7) is 1.93. The molecule has 17 heavy (non-hydrogen) atoms. The Morgan fingerprint density at radius 2 is 2.35 bits per heavy atom. The van der Waals surface area contributed by atoms with E-state index >= 15 is 0 Å². The summed E-state index contributed by atoms with van der Waals surface area (Å²) in [6, 6.07) is -1.46. The van der Waals surface area contributed by atoms with E-state index in [-0.39, 0.29) is 6.54 Å². The molecule has 3 N–H and O–H groups in total. The quantitative estimate of drug-likeness (QED) is 0.652. The Morgan fingerprint density at radius 3 is 2.88 bits per heavy atom. The summed E-state index contributed by atoms with van der Waals surface area (Å²) in [4.78, 5) is 25.8. The van der Waals surface area contributed by atoms with Gasteiger partial charge in [0.1, 0.15) is 6.04 Å². The van der Waals surface area contributed by atoms with Gasteiger partial charge in [0.05, 0.1) is 6.54 Å². The highest BCUT2D eigenvalue weighted by Crippen LogP contribution is 1.96. The minimum absolute atomic E-state index is 0.0841. The lowest BCUT2D eigenvalue weighted by Gasteiger charge is -2.13. The van der Waals surface area contributed by atoms with E-state index in [1.165, 1.54) is 0 Å². The van der Waals surface area contributed by atoms with Crippen molar-refractivity contribution in [3.8, 4) is 0 Å². The molecule has 0 saturated heterocycles. The number of carbonyl (C=O) groups is 2. The van der Waals surface area contributed by atoms with Gasteiger partial charge in [0.2, 0.25) is 6.39 Å².